The molecular formula is C16H18N2O. The van der Waals surface area contributed by atoms with Gasteiger partial charge in [0.25, 0.3) is 5.91 Å². The molecule has 0 aliphatic heterocycles. The first kappa shape index (κ1) is 13.1. The molecule has 98 valence electrons. The molecule has 0 aliphatic rings. The first-order chi connectivity index (χ1) is 9.06. The number of benzene rings is 2. The van der Waals surface area contributed by atoms with Crippen molar-refractivity contribution >= 4 is 17.3 Å². The van der Waals surface area contributed by atoms with E-state index in [4.69, 9.17) is 0 Å². The Morgan fingerprint density at radius 2 is 1.74 bits per heavy atom. The van der Waals surface area contributed by atoms with E-state index in [0.29, 0.717) is 5.56 Å². The number of hydrogen-bond donors (Lipinski definition) is 1. The van der Waals surface area contributed by atoms with Crippen LogP contribution >= 0.6 is 0 Å². The van der Waals surface area contributed by atoms with Crippen LogP contribution in [-0.2, 0) is 0 Å². The molecule has 0 aliphatic carbocycles. The Morgan fingerprint density at radius 3 is 2.32 bits per heavy atom. The minimum absolute atomic E-state index is 0.0821. The summed E-state index contributed by atoms with van der Waals surface area (Å²) in [7, 11) is 3.97. The number of aryl methyl sites for hydroxylation is 1. The van der Waals surface area contributed by atoms with Crippen molar-refractivity contribution in [3.8, 4) is 0 Å². The van der Waals surface area contributed by atoms with Crippen LogP contribution < -0.4 is 10.2 Å². The molecule has 3 heteroatoms. The van der Waals surface area contributed by atoms with Crippen LogP contribution in [0.5, 0.6) is 0 Å². The van der Waals surface area contributed by atoms with Gasteiger partial charge >= 0.3 is 0 Å². The number of nitrogens with one attached hydrogen (secondary N) is 1. The molecule has 19 heavy (non-hydrogen) atoms. The highest BCUT2D eigenvalue weighted by molar-refractivity contribution is 6.04. The average molecular weight is 254 g/mol. The van der Waals surface area contributed by atoms with Crippen LogP contribution in [0.3, 0.4) is 0 Å². The van der Waals surface area contributed by atoms with Crippen molar-refractivity contribution in [1.29, 1.82) is 0 Å². The summed E-state index contributed by atoms with van der Waals surface area (Å²) in [6.07, 6.45) is 0. The molecule has 0 heterocycles. The number of hydrogen-bond acceptors (Lipinski definition) is 2. The van der Waals surface area contributed by atoms with Crippen molar-refractivity contribution in [3.05, 3.63) is 59.7 Å². The molecule has 0 atom stereocenters. The molecule has 0 bridgehead atoms. The van der Waals surface area contributed by atoms with Crippen LogP contribution in [-0.4, -0.2) is 20.0 Å². The van der Waals surface area contributed by atoms with Gasteiger partial charge in [0, 0.05) is 31.0 Å². The zero-order chi connectivity index (χ0) is 13.8. The van der Waals surface area contributed by atoms with Crippen LogP contribution in [0.1, 0.15) is 15.9 Å². The highest BCUT2D eigenvalue weighted by Gasteiger charge is 2.06. The van der Waals surface area contributed by atoms with E-state index in [9.17, 15) is 4.79 Å². The zero-order valence-electron chi connectivity index (χ0n) is 11.5. The van der Waals surface area contributed by atoms with Crippen LogP contribution in [0.2, 0.25) is 0 Å². The van der Waals surface area contributed by atoms with Crippen molar-refractivity contribution in [2.24, 2.45) is 0 Å². The lowest BCUT2D eigenvalue weighted by atomic mass is 10.1. The maximum Gasteiger partial charge on any atom is 0.255 e. The van der Waals surface area contributed by atoms with Gasteiger partial charge in [-0.1, -0.05) is 17.7 Å². The number of rotatable bonds is 3. The Hall–Kier alpha value is -2.29. The molecule has 0 aromatic heterocycles. The van der Waals surface area contributed by atoms with Gasteiger partial charge in [0.2, 0.25) is 0 Å². The second-order valence-electron chi connectivity index (χ2n) is 4.76. The van der Waals surface area contributed by atoms with Gasteiger partial charge in [-0.15, -0.1) is 0 Å². The normalized spacial score (nSPS) is 10.1. The van der Waals surface area contributed by atoms with E-state index in [0.717, 1.165) is 16.9 Å². The maximum atomic E-state index is 12.1. The third-order valence-electron chi connectivity index (χ3n) is 2.92. The van der Waals surface area contributed by atoms with Gasteiger partial charge < -0.3 is 10.2 Å². The lowest BCUT2D eigenvalue weighted by molar-refractivity contribution is 0.102. The lowest BCUT2D eigenvalue weighted by Gasteiger charge is -2.13. The van der Waals surface area contributed by atoms with Gasteiger partial charge in [0.1, 0.15) is 0 Å². The summed E-state index contributed by atoms with van der Waals surface area (Å²) in [4.78, 5) is 14.1. The number of carbonyl (C=O) groups is 1. The monoisotopic (exact) mass is 254 g/mol. The molecule has 0 fully saturated rings. The summed E-state index contributed by atoms with van der Waals surface area (Å²) in [5, 5.41) is 2.89. The van der Waals surface area contributed by atoms with E-state index in [1.54, 1.807) is 0 Å². The standard InChI is InChI=1S/C16H18N2O/c1-12-5-4-6-13(11-12)16(19)17-14-7-9-15(10-8-14)18(2)3/h4-11H,1-3H3,(H,17,19). The Morgan fingerprint density at radius 1 is 1.05 bits per heavy atom. The fourth-order valence-electron chi connectivity index (χ4n) is 1.83. The maximum absolute atomic E-state index is 12.1. The molecule has 0 unspecified atom stereocenters. The molecule has 0 radical (unpaired) electrons. The molecule has 2 aromatic carbocycles. The highest BCUT2D eigenvalue weighted by atomic mass is 16.1. The van der Waals surface area contributed by atoms with Gasteiger partial charge in [0.05, 0.1) is 0 Å². The van der Waals surface area contributed by atoms with E-state index in [1.165, 1.54) is 0 Å². The van der Waals surface area contributed by atoms with E-state index in [-0.39, 0.29) is 5.91 Å². The molecule has 1 amide bonds. The second-order valence-corrected chi connectivity index (χ2v) is 4.76. The second kappa shape index (κ2) is 5.57. The summed E-state index contributed by atoms with van der Waals surface area (Å²) in [6.45, 7) is 1.97. The topological polar surface area (TPSA) is 32.3 Å². The van der Waals surface area contributed by atoms with E-state index in [2.05, 4.69) is 5.32 Å². The molecule has 1 N–H and O–H groups in total. The summed E-state index contributed by atoms with van der Waals surface area (Å²) >= 11 is 0. The van der Waals surface area contributed by atoms with Crippen molar-refractivity contribution in [2.75, 3.05) is 24.3 Å². The molecule has 0 saturated carbocycles. The van der Waals surface area contributed by atoms with Crippen molar-refractivity contribution < 1.29 is 4.79 Å². The quantitative estimate of drug-likeness (QED) is 0.911. The molecular weight excluding hydrogens is 236 g/mol. The van der Waals surface area contributed by atoms with E-state index in [1.807, 2.05) is 74.4 Å². The molecule has 0 spiro atoms. The Bertz CT molecular complexity index is 574. The summed E-state index contributed by atoms with van der Waals surface area (Å²) in [5.74, 6) is -0.0821. The summed E-state index contributed by atoms with van der Waals surface area (Å²) in [5.41, 5.74) is 3.66. The van der Waals surface area contributed by atoms with Gasteiger partial charge in [-0.3, -0.25) is 4.79 Å². The van der Waals surface area contributed by atoms with Crippen molar-refractivity contribution in [1.82, 2.24) is 0 Å². The van der Waals surface area contributed by atoms with E-state index >= 15 is 0 Å². The van der Waals surface area contributed by atoms with Crippen LogP contribution in [0.25, 0.3) is 0 Å². The first-order valence-corrected chi connectivity index (χ1v) is 6.21. The summed E-state index contributed by atoms with van der Waals surface area (Å²) < 4.78 is 0. The highest BCUT2D eigenvalue weighted by Crippen LogP contribution is 2.16. The first-order valence-electron chi connectivity index (χ1n) is 6.21. The zero-order valence-corrected chi connectivity index (χ0v) is 11.5. The van der Waals surface area contributed by atoms with Gasteiger partial charge in [-0.25, -0.2) is 0 Å². The number of nitrogens with zero attached hydrogens (tertiary/aromatic N) is 1. The molecule has 2 rings (SSSR count). The average Bonchev–Trinajstić information content (AvgIpc) is 2.39. The fourth-order valence-corrected chi connectivity index (χ4v) is 1.83. The van der Waals surface area contributed by atoms with Gasteiger partial charge in [0.15, 0.2) is 0 Å². The Balaban J connectivity index is 2.10. The number of anilines is 2. The fraction of sp³-hybridized carbons (Fsp3) is 0.188. The minimum atomic E-state index is -0.0821. The minimum Gasteiger partial charge on any atom is -0.378 e. The number of carbonyl (C=O) groups excluding carboxylic acids is 1. The number of amides is 1. The van der Waals surface area contributed by atoms with Crippen LogP contribution in [0, 0.1) is 6.92 Å². The van der Waals surface area contributed by atoms with Crippen molar-refractivity contribution in [2.45, 2.75) is 6.92 Å². The Kier molecular flexibility index (Phi) is 3.85. The SMILES string of the molecule is Cc1cccc(C(=O)Nc2ccc(N(C)C)cc2)c1. The lowest BCUT2D eigenvalue weighted by Crippen LogP contribution is -2.12. The predicted octanol–water partition coefficient (Wildman–Crippen LogP) is 3.31. The third kappa shape index (κ3) is 3.35. The van der Waals surface area contributed by atoms with Crippen LogP contribution in [0.4, 0.5) is 11.4 Å². The predicted molar refractivity (Wildman–Crippen MR) is 79.9 cm³/mol. The van der Waals surface area contributed by atoms with Crippen molar-refractivity contribution in [3.63, 3.8) is 0 Å². The van der Waals surface area contributed by atoms with Crippen LogP contribution in [0.15, 0.2) is 48.5 Å². The van der Waals surface area contributed by atoms with E-state index < -0.39 is 0 Å². The Labute approximate surface area is 113 Å². The van der Waals surface area contributed by atoms with Gasteiger partial charge in [-0.2, -0.15) is 0 Å². The molecule has 0 saturated heterocycles. The molecule has 2 aromatic rings. The third-order valence-corrected chi connectivity index (χ3v) is 2.92. The largest absolute Gasteiger partial charge is 0.378 e. The summed E-state index contributed by atoms with van der Waals surface area (Å²) in [6, 6.07) is 15.3. The smallest absolute Gasteiger partial charge is 0.255 e. The van der Waals surface area contributed by atoms with Gasteiger partial charge in [-0.05, 0) is 43.3 Å². The molecule has 3 nitrogen and oxygen atoms in total.